The van der Waals surface area contributed by atoms with Gasteiger partial charge in [-0.05, 0) is 204 Å². The van der Waals surface area contributed by atoms with E-state index in [1.807, 2.05) is 6.20 Å². The van der Waals surface area contributed by atoms with Crippen LogP contribution in [0.25, 0.3) is 66.9 Å². The molecule has 0 fully saturated rings. The number of nitrogens with zero attached hydrogens (tertiary/aromatic N) is 5. The molecule has 2 aliphatic rings. The Bertz CT molecular complexity index is 4050. The maximum Gasteiger partial charge on any atom is 0.0994 e. The van der Waals surface area contributed by atoms with Crippen LogP contribution in [-0.2, 0) is 25.7 Å². The predicted molar refractivity (Wildman–Crippen MR) is 359 cm³/mol. The zero-order valence-corrected chi connectivity index (χ0v) is 49.4. The molecule has 0 saturated carbocycles. The number of para-hydroxylation sites is 2. The number of anilines is 4. The Hall–Kier alpha value is -9.97. The van der Waals surface area contributed by atoms with Crippen molar-refractivity contribution in [1.82, 2.24) is 4.98 Å². The Labute approximate surface area is 502 Å². The SMILES string of the molecule is CC1=C(C)N(c2ccc(CCc3cc(CCc4ccc(N5CN(c6ccccc6)C(C)=C5C)cc4)cc(-c4ccccc4-c4ccc(-c5ccc(C)cn5)cc4-c4ccc(-c5ccc(-c6ccccc6)cc5)cc4)c3)cc2)CN1c1ccccc1. The molecule has 0 radical (unpaired) electrons. The van der Waals surface area contributed by atoms with E-state index in [4.69, 9.17) is 4.98 Å². The minimum absolute atomic E-state index is 0.803. The summed E-state index contributed by atoms with van der Waals surface area (Å²) in [5, 5.41) is 0. The largest absolute Gasteiger partial charge is 0.325 e. The van der Waals surface area contributed by atoms with Crippen LogP contribution in [0.3, 0.4) is 0 Å². The van der Waals surface area contributed by atoms with E-state index in [0.29, 0.717) is 0 Å². The van der Waals surface area contributed by atoms with Gasteiger partial charge in [0.1, 0.15) is 0 Å². The van der Waals surface area contributed by atoms with E-state index in [1.54, 1.807) is 0 Å². The maximum atomic E-state index is 4.90. The van der Waals surface area contributed by atoms with E-state index in [0.717, 1.165) is 61.4 Å². The molecule has 0 amide bonds. The van der Waals surface area contributed by atoms with Gasteiger partial charge < -0.3 is 19.6 Å². The molecule has 0 unspecified atom stereocenters. The lowest BCUT2D eigenvalue weighted by Crippen LogP contribution is -2.26. The fraction of sp³-hybridized carbons (Fsp3) is 0.138. The van der Waals surface area contributed by atoms with Crippen LogP contribution in [0, 0.1) is 6.92 Å². The lowest BCUT2D eigenvalue weighted by Gasteiger charge is -2.24. The number of aryl methyl sites for hydroxylation is 5. The number of allylic oxidation sites excluding steroid dienone is 4. The second-order valence-electron chi connectivity index (χ2n) is 22.9. The summed E-state index contributed by atoms with van der Waals surface area (Å²) in [6, 6.07) is 96.2. The zero-order chi connectivity index (χ0) is 57.8. The number of pyridine rings is 1. The maximum absolute atomic E-state index is 4.90. The third-order valence-corrected chi connectivity index (χ3v) is 17.6. The second kappa shape index (κ2) is 24.1. The van der Waals surface area contributed by atoms with Gasteiger partial charge in [-0.15, -0.1) is 0 Å². The highest BCUT2D eigenvalue weighted by molar-refractivity contribution is 5.94. The van der Waals surface area contributed by atoms with Crippen molar-refractivity contribution in [2.75, 3.05) is 32.9 Å². The van der Waals surface area contributed by atoms with Crippen molar-refractivity contribution >= 4 is 22.7 Å². The number of hydrogen-bond donors (Lipinski definition) is 0. The third-order valence-electron chi connectivity index (χ3n) is 17.6. The van der Waals surface area contributed by atoms with Crippen LogP contribution in [0.1, 0.15) is 55.5 Å². The molecular weight excluding hydrogens is 1030 g/mol. The van der Waals surface area contributed by atoms with Crippen molar-refractivity contribution in [2.24, 2.45) is 0 Å². The first kappa shape index (κ1) is 54.3. The summed E-state index contributed by atoms with van der Waals surface area (Å²) >= 11 is 0. The fourth-order valence-corrected chi connectivity index (χ4v) is 12.4. The Morgan fingerprint density at radius 1 is 0.271 bits per heavy atom. The second-order valence-corrected chi connectivity index (χ2v) is 22.9. The first-order valence-electron chi connectivity index (χ1n) is 30.0. The molecule has 3 heterocycles. The molecule has 0 saturated heterocycles. The number of hydrogen-bond acceptors (Lipinski definition) is 5. The van der Waals surface area contributed by atoms with E-state index < -0.39 is 0 Å². The molecule has 416 valence electrons. The van der Waals surface area contributed by atoms with E-state index in [1.165, 1.54) is 118 Å². The van der Waals surface area contributed by atoms with Gasteiger partial charge in [0.25, 0.3) is 0 Å². The molecule has 13 rings (SSSR count). The average Bonchev–Trinajstić information content (AvgIpc) is 4.09. The number of rotatable bonds is 16. The van der Waals surface area contributed by atoms with Crippen LogP contribution < -0.4 is 19.6 Å². The fourth-order valence-electron chi connectivity index (χ4n) is 12.4. The molecule has 85 heavy (non-hydrogen) atoms. The molecule has 0 bridgehead atoms. The van der Waals surface area contributed by atoms with Crippen LogP contribution in [0.4, 0.5) is 22.7 Å². The molecule has 0 atom stereocenters. The minimum atomic E-state index is 0.803. The van der Waals surface area contributed by atoms with Gasteiger partial charge in [0.05, 0.1) is 19.0 Å². The smallest absolute Gasteiger partial charge is 0.0994 e. The van der Waals surface area contributed by atoms with Crippen LogP contribution in [0.2, 0.25) is 0 Å². The van der Waals surface area contributed by atoms with Gasteiger partial charge in [-0.3, -0.25) is 4.98 Å². The lowest BCUT2D eigenvalue weighted by atomic mass is 9.86. The standard InChI is InChI=1S/C80H71N5/c1-56-25-48-80(81-53-56)70-42-47-78(79(52-70)69-40-38-68(39-41-69)67-36-34-66(35-37-67)65-17-9-6-10-18-65)77-24-16-15-23-76(77)71-50-63(28-26-61-30-43-74(44-31-61)84-54-82(57(2)59(84)4)72-19-11-7-12-20-72)49-64(51-71)29-27-62-32-45-75(46-33-62)85-55-83(58(3)60(85)5)73-21-13-8-14-22-73/h6-25,30-53H,26-29,54-55H2,1-5H3. The van der Waals surface area contributed by atoms with Gasteiger partial charge in [-0.1, -0.05) is 200 Å². The highest BCUT2D eigenvalue weighted by Crippen LogP contribution is 2.42. The minimum Gasteiger partial charge on any atom is -0.325 e. The van der Waals surface area contributed by atoms with Crippen LogP contribution in [0.15, 0.2) is 290 Å². The summed E-state index contributed by atoms with van der Waals surface area (Å²) < 4.78 is 0. The molecule has 1 aromatic heterocycles. The van der Waals surface area contributed by atoms with E-state index in [-0.39, 0.29) is 0 Å². The predicted octanol–water partition coefficient (Wildman–Crippen LogP) is 20.0. The van der Waals surface area contributed by atoms with Gasteiger partial charge in [0.2, 0.25) is 0 Å². The van der Waals surface area contributed by atoms with Gasteiger partial charge in [0, 0.05) is 57.3 Å². The summed E-state index contributed by atoms with van der Waals surface area (Å²) in [6.45, 7) is 12.6. The Morgan fingerprint density at radius 2 is 0.647 bits per heavy atom. The van der Waals surface area contributed by atoms with Crippen LogP contribution in [-0.4, -0.2) is 18.3 Å². The van der Waals surface area contributed by atoms with Gasteiger partial charge in [-0.25, -0.2) is 0 Å². The molecule has 5 nitrogen and oxygen atoms in total. The van der Waals surface area contributed by atoms with Crippen molar-refractivity contribution in [3.63, 3.8) is 0 Å². The van der Waals surface area contributed by atoms with Crippen LogP contribution in [0.5, 0.6) is 0 Å². The van der Waals surface area contributed by atoms with Gasteiger partial charge >= 0.3 is 0 Å². The Morgan fingerprint density at radius 3 is 1.11 bits per heavy atom. The first-order chi connectivity index (χ1) is 41.7. The molecule has 0 spiro atoms. The third kappa shape index (κ3) is 11.6. The summed E-state index contributed by atoms with van der Waals surface area (Å²) in [7, 11) is 0. The molecule has 10 aromatic carbocycles. The first-order valence-corrected chi connectivity index (χ1v) is 30.0. The lowest BCUT2D eigenvalue weighted by molar-refractivity contribution is 0.922. The van der Waals surface area contributed by atoms with Crippen molar-refractivity contribution in [3.8, 4) is 66.9 Å². The highest BCUT2D eigenvalue weighted by Gasteiger charge is 2.27. The molecule has 11 aromatic rings. The van der Waals surface area contributed by atoms with Crippen molar-refractivity contribution in [2.45, 2.75) is 60.3 Å². The van der Waals surface area contributed by atoms with E-state index in [9.17, 15) is 0 Å². The topological polar surface area (TPSA) is 25.9 Å². The number of benzene rings is 10. The Balaban J connectivity index is 0.816. The molecule has 0 N–H and O–H groups in total. The summed E-state index contributed by atoms with van der Waals surface area (Å²) in [6.07, 6.45) is 5.69. The summed E-state index contributed by atoms with van der Waals surface area (Å²) in [4.78, 5) is 14.6. The van der Waals surface area contributed by atoms with E-state index in [2.05, 4.69) is 315 Å². The normalized spacial score (nSPS) is 13.4. The molecule has 2 aliphatic heterocycles. The molecule has 5 heteroatoms. The van der Waals surface area contributed by atoms with E-state index >= 15 is 0 Å². The summed E-state index contributed by atoms with van der Waals surface area (Å²) in [5.41, 5.74) is 30.6. The zero-order valence-electron chi connectivity index (χ0n) is 49.4. The average molecular weight is 1100 g/mol. The molecular formula is C80H71N5. The highest BCUT2D eigenvalue weighted by atomic mass is 15.4. The Kier molecular flexibility index (Phi) is 15.4. The van der Waals surface area contributed by atoms with Crippen LogP contribution >= 0.6 is 0 Å². The van der Waals surface area contributed by atoms with Crippen molar-refractivity contribution in [3.05, 3.63) is 318 Å². The molecule has 0 aliphatic carbocycles. The van der Waals surface area contributed by atoms with Crippen molar-refractivity contribution in [1.29, 1.82) is 0 Å². The summed E-state index contributed by atoms with van der Waals surface area (Å²) in [5.74, 6) is 0. The number of aromatic nitrogens is 1. The van der Waals surface area contributed by atoms with Gasteiger partial charge in [0.15, 0.2) is 0 Å². The quantitative estimate of drug-likeness (QED) is 0.0961. The van der Waals surface area contributed by atoms with Gasteiger partial charge in [-0.2, -0.15) is 0 Å². The van der Waals surface area contributed by atoms with Crippen molar-refractivity contribution < 1.29 is 0 Å². The monoisotopic (exact) mass is 1100 g/mol.